The summed E-state index contributed by atoms with van der Waals surface area (Å²) in [6.45, 7) is 6.85. The molecule has 2 heterocycles. The van der Waals surface area contributed by atoms with Crippen molar-refractivity contribution < 1.29 is 19.4 Å². The molecule has 2 saturated heterocycles. The predicted octanol–water partition coefficient (Wildman–Crippen LogP) is 4.41. The number of ether oxygens (including phenoxy) is 2. The zero-order chi connectivity index (χ0) is 22.5. The first kappa shape index (κ1) is 22.9. The molecule has 6 nitrogen and oxygen atoms in total. The second-order valence-corrected chi connectivity index (χ2v) is 8.99. The highest BCUT2D eigenvalue weighted by molar-refractivity contribution is 5.88. The number of likely N-dealkylation sites (tertiary alicyclic amines) is 1. The van der Waals surface area contributed by atoms with Gasteiger partial charge in [-0.05, 0) is 49.2 Å². The SMILES string of the molecule is CC(=O)Nc1cccc([C@@H]2O[C@H](CN3CCCCC3)[C@H](C)[C@H](c3ccc(CO)cc3)O2)c1. The van der Waals surface area contributed by atoms with E-state index in [0.29, 0.717) is 0 Å². The summed E-state index contributed by atoms with van der Waals surface area (Å²) in [6, 6.07) is 15.7. The second-order valence-electron chi connectivity index (χ2n) is 8.99. The largest absolute Gasteiger partial charge is 0.392 e. The number of rotatable bonds is 6. The smallest absolute Gasteiger partial charge is 0.221 e. The van der Waals surface area contributed by atoms with Crippen LogP contribution in [0, 0.1) is 5.92 Å². The summed E-state index contributed by atoms with van der Waals surface area (Å²) < 4.78 is 13.0. The van der Waals surface area contributed by atoms with Gasteiger partial charge in [0.05, 0.1) is 18.8 Å². The van der Waals surface area contributed by atoms with Gasteiger partial charge in [-0.2, -0.15) is 0 Å². The Morgan fingerprint density at radius 3 is 2.50 bits per heavy atom. The molecule has 1 amide bonds. The molecule has 2 aromatic carbocycles. The fourth-order valence-corrected chi connectivity index (χ4v) is 4.69. The highest BCUT2D eigenvalue weighted by atomic mass is 16.7. The molecular formula is C26H34N2O4. The number of amides is 1. The highest BCUT2D eigenvalue weighted by Gasteiger charge is 2.39. The zero-order valence-electron chi connectivity index (χ0n) is 19.0. The Balaban J connectivity index is 1.60. The van der Waals surface area contributed by atoms with Crippen LogP contribution in [0.1, 0.15) is 62.2 Å². The average Bonchev–Trinajstić information content (AvgIpc) is 2.81. The van der Waals surface area contributed by atoms with Crippen LogP contribution in [0.25, 0.3) is 0 Å². The van der Waals surface area contributed by atoms with E-state index in [0.717, 1.165) is 42.0 Å². The van der Waals surface area contributed by atoms with Crippen LogP contribution in [0.4, 0.5) is 5.69 Å². The van der Waals surface area contributed by atoms with Gasteiger partial charge >= 0.3 is 0 Å². The van der Waals surface area contributed by atoms with Crippen molar-refractivity contribution in [2.24, 2.45) is 5.92 Å². The normalized spacial score (nSPS) is 26.6. The average molecular weight is 439 g/mol. The summed E-state index contributed by atoms with van der Waals surface area (Å²) in [5.41, 5.74) is 3.60. The number of nitrogens with one attached hydrogen (secondary N) is 1. The summed E-state index contributed by atoms with van der Waals surface area (Å²) in [5.74, 6) is 0.0674. The summed E-state index contributed by atoms with van der Waals surface area (Å²) in [7, 11) is 0. The third-order valence-electron chi connectivity index (χ3n) is 6.49. The monoisotopic (exact) mass is 438 g/mol. The third-order valence-corrected chi connectivity index (χ3v) is 6.49. The van der Waals surface area contributed by atoms with Crippen LogP contribution in [-0.2, 0) is 20.9 Å². The Hall–Kier alpha value is -2.25. The molecule has 2 aliphatic heterocycles. The van der Waals surface area contributed by atoms with Crippen molar-refractivity contribution in [3.05, 3.63) is 65.2 Å². The van der Waals surface area contributed by atoms with E-state index in [1.807, 2.05) is 48.5 Å². The summed E-state index contributed by atoms with van der Waals surface area (Å²) in [6.07, 6.45) is 3.17. The van der Waals surface area contributed by atoms with Gasteiger partial charge in [0.25, 0.3) is 0 Å². The van der Waals surface area contributed by atoms with Crippen LogP contribution in [0.15, 0.2) is 48.5 Å². The van der Waals surface area contributed by atoms with Gasteiger partial charge in [0.1, 0.15) is 0 Å². The van der Waals surface area contributed by atoms with Gasteiger partial charge in [0, 0.05) is 30.6 Å². The molecule has 2 aliphatic rings. The molecule has 32 heavy (non-hydrogen) atoms. The van der Waals surface area contributed by atoms with Gasteiger partial charge in [-0.1, -0.05) is 49.7 Å². The Morgan fingerprint density at radius 1 is 1.06 bits per heavy atom. The Bertz CT molecular complexity index is 895. The van der Waals surface area contributed by atoms with Crippen molar-refractivity contribution in [2.45, 2.75) is 58.2 Å². The number of carbonyl (C=O) groups excluding carboxylic acids is 1. The van der Waals surface area contributed by atoms with E-state index in [1.54, 1.807) is 0 Å². The molecule has 2 N–H and O–H groups in total. The van der Waals surface area contributed by atoms with Gasteiger partial charge in [0.15, 0.2) is 6.29 Å². The summed E-state index contributed by atoms with van der Waals surface area (Å²) in [5, 5.41) is 12.3. The zero-order valence-corrected chi connectivity index (χ0v) is 19.0. The molecule has 2 aromatic rings. The van der Waals surface area contributed by atoms with E-state index < -0.39 is 6.29 Å². The maximum absolute atomic E-state index is 11.5. The third kappa shape index (κ3) is 5.56. The molecule has 4 rings (SSSR count). The molecule has 0 radical (unpaired) electrons. The molecule has 6 heteroatoms. The van der Waals surface area contributed by atoms with Gasteiger partial charge in [-0.3, -0.25) is 4.79 Å². The summed E-state index contributed by atoms with van der Waals surface area (Å²) >= 11 is 0. The number of aliphatic hydroxyl groups is 1. The minimum Gasteiger partial charge on any atom is -0.392 e. The first-order chi connectivity index (χ1) is 15.5. The van der Waals surface area contributed by atoms with Crippen LogP contribution in [0.2, 0.25) is 0 Å². The lowest BCUT2D eigenvalue weighted by molar-refractivity contribution is -0.276. The minimum atomic E-state index is -0.516. The van der Waals surface area contributed by atoms with Gasteiger partial charge < -0.3 is 24.8 Å². The van der Waals surface area contributed by atoms with Crippen LogP contribution in [0.3, 0.4) is 0 Å². The minimum absolute atomic E-state index is 0.0267. The molecule has 2 fully saturated rings. The topological polar surface area (TPSA) is 71.0 Å². The van der Waals surface area contributed by atoms with Gasteiger partial charge in [-0.15, -0.1) is 0 Å². The van der Waals surface area contributed by atoms with Crippen molar-refractivity contribution in [1.29, 1.82) is 0 Å². The standard InChI is InChI=1S/C26H34N2O4/c1-18-24(16-28-13-4-3-5-14-28)31-26(22-7-6-8-23(15-22)27-19(2)30)32-25(18)21-11-9-20(17-29)10-12-21/h6-12,15,18,24-26,29H,3-5,13-14,16-17H2,1-2H3,(H,27,30)/t18-,24+,25+,26+/m0/s1. The van der Waals surface area contributed by atoms with E-state index in [4.69, 9.17) is 9.47 Å². The Labute approximate surface area is 190 Å². The molecule has 0 bridgehead atoms. The number of piperidine rings is 1. The number of hydrogen-bond acceptors (Lipinski definition) is 5. The number of anilines is 1. The fourth-order valence-electron chi connectivity index (χ4n) is 4.69. The Kier molecular flexibility index (Phi) is 7.58. The van der Waals surface area contributed by atoms with E-state index in [1.165, 1.54) is 26.2 Å². The van der Waals surface area contributed by atoms with Crippen LogP contribution >= 0.6 is 0 Å². The van der Waals surface area contributed by atoms with Gasteiger partial charge in [-0.25, -0.2) is 0 Å². The fraction of sp³-hybridized carbons (Fsp3) is 0.500. The molecule has 0 spiro atoms. The van der Waals surface area contributed by atoms with Gasteiger partial charge in [0.2, 0.25) is 5.91 Å². The quantitative estimate of drug-likeness (QED) is 0.699. The lowest BCUT2D eigenvalue weighted by atomic mass is 9.89. The predicted molar refractivity (Wildman–Crippen MR) is 124 cm³/mol. The molecule has 172 valence electrons. The molecule has 0 saturated carbocycles. The molecule has 4 atom stereocenters. The van der Waals surface area contributed by atoms with Crippen molar-refractivity contribution in [3.63, 3.8) is 0 Å². The number of aliphatic hydroxyl groups excluding tert-OH is 1. The van der Waals surface area contributed by atoms with Crippen LogP contribution in [-0.4, -0.2) is 41.7 Å². The first-order valence-electron chi connectivity index (χ1n) is 11.6. The maximum atomic E-state index is 11.5. The Morgan fingerprint density at radius 2 is 1.81 bits per heavy atom. The van der Waals surface area contributed by atoms with E-state index >= 15 is 0 Å². The molecule has 0 aromatic heterocycles. The second kappa shape index (κ2) is 10.6. The number of carbonyl (C=O) groups is 1. The maximum Gasteiger partial charge on any atom is 0.221 e. The highest BCUT2D eigenvalue weighted by Crippen LogP contribution is 2.42. The van der Waals surface area contributed by atoms with Crippen LogP contribution < -0.4 is 5.32 Å². The van der Waals surface area contributed by atoms with Crippen molar-refractivity contribution >= 4 is 11.6 Å². The van der Waals surface area contributed by atoms with E-state index in [2.05, 4.69) is 17.1 Å². The van der Waals surface area contributed by atoms with Crippen molar-refractivity contribution in [3.8, 4) is 0 Å². The lowest BCUT2D eigenvalue weighted by Crippen LogP contribution is -2.45. The van der Waals surface area contributed by atoms with E-state index in [-0.39, 0.29) is 30.6 Å². The van der Waals surface area contributed by atoms with Crippen molar-refractivity contribution in [2.75, 3.05) is 25.0 Å². The first-order valence-corrected chi connectivity index (χ1v) is 11.6. The molecule has 0 unspecified atom stereocenters. The summed E-state index contributed by atoms with van der Waals surface area (Å²) in [4.78, 5) is 14.0. The number of nitrogens with zero attached hydrogens (tertiary/aromatic N) is 1. The number of hydrogen-bond donors (Lipinski definition) is 2. The molecule has 0 aliphatic carbocycles. The molecular weight excluding hydrogens is 404 g/mol. The van der Waals surface area contributed by atoms with E-state index in [9.17, 15) is 9.90 Å². The van der Waals surface area contributed by atoms with Crippen molar-refractivity contribution in [1.82, 2.24) is 4.90 Å². The lowest BCUT2D eigenvalue weighted by Gasteiger charge is -2.43. The van der Waals surface area contributed by atoms with Crippen LogP contribution in [0.5, 0.6) is 0 Å². The number of benzene rings is 2.